The maximum absolute atomic E-state index is 14.0. The molecule has 0 aromatic heterocycles. The molecule has 37 heavy (non-hydrogen) atoms. The highest BCUT2D eigenvalue weighted by Gasteiger charge is 2.52. The van der Waals surface area contributed by atoms with E-state index in [0.29, 0.717) is 38.0 Å². The van der Waals surface area contributed by atoms with Crippen molar-refractivity contribution < 1.29 is 17.9 Å². The summed E-state index contributed by atoms with van der Waals surface area (Å²) in [7, 11) is -1.95. The highest BCUT2D eigenvalue weighted by Crippen LogP contribution is 2.38. The molecule has 1 amide bonds. The van der Waals surface area contributed by atoms with E-state index in [0.717, 1.165) is 11.1 Å². The van der Waals surface area contributed by atoms with E-state index in [9.17, 15) is 13.2 Å². The van der Waals surface area contributed by atoms with Crippen molar-refractivity contribution in [3.8, 4) is 5.75 Å². The average molecular weight is 518 g/mol. The van der Waals surface area contributed by atoms with Crippen molar-refractivity contribution in [2.24, 2.45) is 5.92 Å². The molecule has 8 heteroatoms. The summed E-state index contributed by atoms with van der Waals surface area (Å²) in [4.78, 5) is 15.8. The number of carbonyl (C=O) groups excluding carboxylic acids is 1. The molecule has 0 radical (unpaired) electrons. The van der Waals surface area contributed by atoms with Crippen molar-refractivity contribution in [1.82, 2.24) is 10.2 Å². The fraction of sp³-hybridized carbons (Fsp3) is 0.310. The van der Waals surface area contributed by atoms with Crippen LogP contribution in [0, 0.1) is 11.3 Å². The van der Waals surface area contributed by atoms with Crippen molar-refractivity contribution in [2.45, 2.75) is 41.4 Å². The lowest BCUT2D eigenvalue weighted by Gasteiger charge is -2.31. The van der Waals surface area contributed by atoms with E-state index in [2.05, 4.69) is 5.32 Å². The number of benzene rings is 3. The van der Waals surface area contributed by atoms with Crippen LogP contribution in [0.25, 0.3) is 0 Å². The second-order valence-corrected chi connectivity index (χ2v) is 12.0. The molecule has 1 heterocycles. The lowest BCUT2D eigenvalue weighted by atomic mass is 9.82. The summed E-state index contributed by atoms with van der Waals surface area (Å²) in [6.07, 6.45) is 2.40. The first kappa shape index (κ1) is 25.0. The molecule has 0 unspecified atom stereocenters. The first-order chi connectivity index (χ1) is 17.9. The van der Waals surface area contributed by atoms with Crippen molar-refractivity contribution >= 4 is 21.7 Å². The lowest BCUT2D eigenvalue weighted by molar-refractivity contribution is -0.130. The Kier molecular flexibility index (Phi) is 6.77. The number of hydrogen-bond acceptors (Lipinski definition) is 5. The molecule has 1 saturated heterocycles. The molecule has 5 rings (SSSR count). The van der Waals surface area contributed by atoms with Crippen molar-refractivity contribution in [3.63, 3.8) is 0 Å². The molecule has 0 bridgehead atoms. The number of methoxy groups -OCH3 is 1. The molecule has 7 nitrogen and oxygen atoms in total. The van der Waals surface area contributed by atoms with Crippen LogP contribution < -0.4 is 10.1 Å². The monoisotopic (exact) mass is 517 g/mol. The molecular weight excluding hydrogens is 486 g/mol. The topological polar surface area (TPSA) is 99.6 Å². The minimum absolute atomic E-state index is 0.0730. The van der Waals surface area contributed by atoms with Crippen LogP contribution in [0.2, 0.25) is 0 Å². The molecule has 3 aromatic carbocycles. The third-order valence-corrected chi connectivity index (χ3v) is 9.86. The third-order valence-electron chi connectivity index (χ3n) is 7.60. The van der Waals surface area contributed by atoms with E-state index < -0.39 is 20.6 Å². The number of nitrogens with zero attached hydrogens (tertiary/aromatic N) is 1. The zero-order valence-electron chi connectivity index (χ0n) is 20.8. The number of amides is 1. The first-order valence-corrected chi connectivity index (χ1v) is 14.1. The van der Waals surface area contributed by atoms with Gasteiger partial charge in [0, 0.05) is 6.54 Å². The lowest BCUT2D eigenvalue weighted by Crippen LogP contribution is -2.45. The van der Waals surface area contributed by atoms with Gasteiger partial charge < -0.3 is 10.1 Å². The summed E-state index contributed by atoms with van der Waals surface area (Å²) in [6, 6.07) is 25.6. The number of hydrogen-bond donors (Lipinski definition) is 2. The molecular formula is C29H31N3O4S. The molecule has 2 aliphatic rings. The van der Waals surface area contributed by atoms with E-state index in [-0.39, 0.29) is 22.7 Å². The number of carbonyl (C=O) groups is 1. The van der Waals surface area contributed by atoms with Gasteiger partial charge in [-0.1, -0.05) is 66.7 Å². The number of rotatable bonds is 7. The highest BCUT2D eigenvalue weighted by molar-refractivity contribution is 7.92. The van der Waals surface area contributed by atoms with E-state index in [1.54, 1.807) is 24.3 Å². The Balaban J connectivity index is 1.32. The normalized spacial score (nSPS) is 21.5. The predicted molar refractivity (Wildman–Crippen MR) is 142 cm³/mol. The molecule has 0 spiro atoms. The van der Waals surface area contributed by atoms with Gasteiger partial charge in [0.15, 0.2) is 21.3 Å². The van der Waals surface area contributed by atoms with Gasteiger partial charge in [0.1, 0.15) is 5.75 Å². The second kappa shape index (κ2) is 10.0. The van der Waals surface area contributed by atoms with Crippen molar-refractivity contribution in [2.75, 3.05) is 13.7 Å². The van der Waals surface area contributed by atoms with Crippen LogP contribution in [-0.2, 0) is 20.2 Å². The Morgan fingerprint density at radius 1 is 0.919 bits per heavy atom. The Morgan fingerprint density at radius 2 is 1.51 bits per heavy atom. The Hall–Kier alpha value is -3.65. The quantitative estimate of drug-likeness (QED) is 0.486. The van der Waals surface area contributed by atoms with E-state index in [4.69, 9.17) is 10.1 Å². The number of sulfone groups is 1. The molecule has 1 aliphatic heterocycles. The summed E-state index contributed by atoms with van der Waals surface area (Å²) in [6.45, 7) is 0.387. The van der Waals surface area contributed by atoms with E-state index in [1.807, 2.05) is 60.7 Å². The average Bonchev–Trinajstić information content (AvgIpc) is 3.20. The van der Waals surface area contributed by atoms with Crippen LogP contribution in [-0.4, -0.2) is 44.1 Å². The third kappa shape index (κ3) is 4.50. The summed E-state index contributed by atoms with van der Waals surface area (Å²) in [5, 5.41) is 11.4. The zero-order valence-corrected chi connectivity index (χ0v) is 21.6. The van der Waals surface area contributed by atoms with E-state index >= 15 is 0 Å². The van der Waals surface area contributed by atoms with Gasteiger partial charge in [-0.2, -0.15) is 0 Å². The largest absolute Gasteiger partial charge is 0.497 e. The molecule has 0 atom stereocenters. The van der Waals surface area contributed by atoms with Crippen LogP contribution >= 0.6 is 0 Å². The van der Waals surface area contributed by atoms with Gasteiger partial charge in [-0.05, 0) is 60.9 Å². The minimum atomic E-state index is -3.47. The molecule has 1 saturated carbocycles. The highest BCUT2D eigenvalue weighted by atomic mass is 32.2. The second-order valence-electron chi connectivity index (χ2n) is 9.74. The summed E-state index contributed by atoms with van der Waals surface area (Å²) < 4.78 is 31.7. The van der Waals surface area contributed by atoms with Crippen LogP contribution in [0.5, 0.6) is 5.75 Å². The van der Waals surface area contributed by atoms with Gasteiger partial charge in [0.25, 0.3) is 5.91 Å². The van der Waals surface area contributed by atoms with Crippen LogP contribution in [0.1, 0.15) is 36.8 Å². The van der Waals surface area contributed by atoms with Gasteiger partial charge in [-0.15, -0.1) is 0 Å². The van der Waals surface area contributed by atoms with Gasteiger partial charge in [0.05, 0.1) is 17.3 Å². The first-order valence-electron chi connectivity index (χ1n) is 12.5. The fourth-order valence-corrected chi connectivity index (χ4v) is 7.39. The summed E-state index contributed by atoms with van der Waals surface area (Å²) >= 11 is 0. The molecule has 1 aliphatic carbocycles. The zero-order chi connectivity index (χ0) is 26.0. The minimum Gasteiger partial charge on any atom is -0.497 e. The van der Waals surface area contributed by atoms with Crippen LogP contribution in [0.15, 0.2) is 89.8 Å². The van der Waals surface area contributed by atoms with E-state index in [1.165, 1.54) is 12.0 Å². The molecule has 2 N–H and O–H groups in total. The van der Waals surface area contributed by atoms with Gasteiger partial charge in [-0.25, -0.2) is 8.42 Å². The van der Waals surface area contributed by atoms with Crippen LogP contribution in [0.4, 0.5) is 0 Å². The smallest absolute Gasteiger partial charge is 0.264 e. The standard InChI is InChI=1S/C29H31N3O4S/c1-36-24-13-8-14-26(19-24)37(34,35)25-17-15-21(16-18-25)20-32-27(33)29(31-28(32)30,22-9-4-2-5-10-22)23-11-6-3-7-12-23/h2-14,19,21,25H,15-18,20H2,1H3,(H2,30,31). The summed E-state index contributed by atoms with van der Waals surface area (Å²) in [5.41, 5.74) is 0.407. The fourth-order valence-electron chi connectivity index (χ4n) is 5.56. The van der Waals surface area contributed by atoms with Gasteiger partial charge in [-0.3, -0.25) is 15.1 Å². The van der Waals surface area contributed by atoms with Gasteiger partial charge in [0.2, 0.25) is 0 Å². The number of guanidine groups is 1. The SMILES string of the molecule is COc1cccc(S(=O)(=O)C2CCC(CN3C(=N)NC(c4ccccc4)(c4ccccc4)C3=O)CC2)c1. The predicted octanol–water partition coefficient (Wildman–Crippen LogP) is 4.34. The maximum atomic E-state index is 14.0. The van der Waals surface area contributed by atoms with Gasteiger partial charge >= 0.3 is 0 Å². The molecule has 3 aromatic rings. The van der Waals surface area contributed by atoms with Crippen molar-refractivity contribution in [1.29, 1.82) is 5.41 Å². The van der Waals surface area contributed by atoms with Crippen LogP contribution in [0.3, 0.4) is 0 Å². The van der Waals surface area contributed by atoms with Crippen molar-refractivity contribution in [3.05, 3.63) is 96.1 Å². The maximum Gasteiger partial charge on any atom is 0.264 e. The molecule has 2 fully saturated rings. The molecule has 192 valence electrons. The number of nitrogens with one attached hydrogen (secondary N) is 2. The Labute approximate surface area is 217 Å². The number of ether oxygens (including phenoxy) is 1. The Morgan fingerprint density at radius 3 is 2.08 bits per heavy atom. The summed E-state index contributed by atoms with van der Waals surface area (Å²) in [5.74, 6) is 0.531. The Bertz CT molecular complexity index is 1350.